The fourth-order valence-corrected chi connectivity index (χ4v) is 3.51. The average Bonchev–Trinajstić information content (AvgIpc) is 2.92. The highest BCUT2D eigenvalue weighted by Crippen LogP contribution is 2.20. The molecule has 0 aliphatic carbocycles. The van der Waals surface area contributed by atoms with Crippen molar-refractivity contribution in [1.82, 2.24) is 19.7 Å². The molecule has 1 N–H and O–H groups in total. The Balaban J connectivity index is 1.67. The Labute approximate surface area is 127 Å². The molecule has 2 aliphatic heterocycles. The van der Waals surface area contributed by atoms with Crippen molar-refractivity contribution < 1.29 is 9.59 Å². The normalized spacial score (nSPS) is 23.4. The Hall–Kier alpha value is -1.67. The minimum absolute atomic E-state index is 0.0356. The van der Waals surface area contributed by atoms with Crippen LogP contribution in [0.2, 0.25) is 0 Å². The van der Waals surface area contributed by atoms with Crippen LogP contribution < -0.4 is 5.32 Å². The van der Waals surface area contributed by atoms with Crippen molar-refractivity contribution in [3.05, 3.63) is 11.1 Å². The first-order valence-electron chi connectivity index (χ1n) is 6.97. The highest BCUT2D eigenvalue weighted by molar-refractivity contribution is 7.13. The van der Waals surface area contributed by atoms with E-state index < -0.39 is 0 Å². The van der Waals surface area contributed by atoms with Crippen LogP contribution in [-0.2, 0) is 16.1 Å². The van der Waals surface area contributed by atoms with Crippen LogP contribution in [0, 0.1) is 0 Å². The Kier molecular flexibility index (Phi) is 3.81. The highest BCUT2D eigenvalue weighted by atomic mass is 32.1. The SMILES string of the molecule is CNc1nc(CN2CCN3C(=O)CN(C)C(=O)[C@H]3C2)cs1. The van der Waals surface area contributed by atoms with Gasteiger partial charge in [-0.3, -0.25) is 14.5 Å². The average molecular weight is 309 g/mol. The third-order valence-electron chi connectivity index (χ3n) is 3.97. The number of carbonyl (C=O) groups is 2. The van der Waals surface area contributed by atoms with Crippen molar-refractivity contribution in [3.63, 3.8) is 0 Å². The number of nitrogens with one attached hydrogen (secondary N) is 1. The molecule has 3 rings (SSSR count). The third kappa shape index (κ3) is 2.73. The zero-order valence-electron chi connectivity index (χ0n) is 12.2. The summed E-state index contributed by atoms with van der Waals surface area (Å²) >= 11 is 1.57. The van der Waals surface area contributed by atoms with Crippen LogP contribution >= 0.6 is 11.3 Å². The molecule has 1 atom stereocenters. The molecule has 0 radical (unpaired) electrons. The van der Waals surface area contributed by atoms with Crippen molar-refractivity contribution in [2.24, 2.45) is 0 Å². The molecule has 7 nitrogen and oxygen atoms in total. The molecule has 2 amide bonds. The van der Waals surface area contributed by atoms with Gasteiger partial charge >= 0.3 is 0 Å². The number of likely N-dealkylation sites (N-methyl/N-ethyl adjacent to an activating group) is 1. The summed E-state index contributed by atoms with van der Waals surface area (Å²) in [5, 5.41) is 5.95. The molecule has 1 aromatic heterocycles. The van der Waals surface area contributed by atoms with E-state index in [4.69, 9.17) is 0 Å². The minimum atomic E-state index is -0.340. The molecule has 1 aromatic rings. The number of anilines is 1. The molecule has 2 saturated heterocycles. The molecule has 8 heteroatoms. The van der Waals surface area contributed by atoms with Gasteiger partial charge in [-0.05, 0) is 0 Å². The van der Waals surface area contributed by atoms with E-state index in [0.29, 0.717) is 19.6 Å². The number of hydrogen-bond donors (Lipinski definition) is 1. The van der Waals surface area contributed by atoms with Crippen LogP contribution in [0.25, 0.3) is 0 Å². The van der Waals surface area contributed by atoms with Crippen LogP contribution in [0.15, 0.2) is 5.38 Å². The van der Waals surface area contributed by atoms with Crippen LogP contribution in [-0.4, -0.2) is 77.8 Å². The van der Waals surface area contributed by atoms with E-state index in [9.17, 15) is 9.59 Å². The first kappa shape index (κ1) is 14.3. The lowest BCUT2D eigenvalue weighted by Gasteiger charge is -2.45. The summed E-state index contributed by atoms with van der Waals surface area (Å²) in [6.07, 6.45) is 0. The summed E-state index contributed by atoms with van der Waals surface area (Å²) in [4.78, 5) is 34.1. The molecule has 3 heterocycles. The van der Waals surface area contributed by atoms with Gasteiger partial charge in [0, 0.05) is 45.7 Å². The molecule has 114 valence electrons. The predicted molar refractivity (Wildman–Crippen MR) is 80.1 cm³/mol. The zero-order valence-corrected chi connectivity index (χ0v) is 13.0. The molecule has 0 unspecified atom stereocenters. The first-order chi connectivity index (χ1) is 10.1. The van der Waals surface area contributed by atoms with Gasteiger partial charge in [-0.1, -0.05) is 0 Å². The van der Waals surface area contributed by atoms with E-state index >= 15 is 0 Å². The number of rotatable bonds is 3. The largest absolute Gasteiger partial charge is 0.365 e. The van der Waals surface area contributed by atoms with Gasteiger partial charge in [0.2, 0.25) is 11.8 Å². The van der Waals surface area contributed by atoms with Gasteiger partial charge in [-0.2, -0.15) is 0 Å². The number of carbonyl (C=O) groups excluding carboxylic acids is 2. The fourth-order valence-electron chi connectivity index (χ4n) is 2.84. The molecule has 21 heavy (non-hydrogen) atoms. The summed E-state index contributed by atoms with van der Waals surface area (Å²) in [5.41, 5.74) is 1.00. The Morgan fingerprint density at radius 1 is 1.43 bits per heavy atom. The summed E-state index contributed by atoms with van der Waals surface area (Å²) in [6, 6.07) is -0.340. The van der Waals surface area contributed by atoms with Gasteiger partial charge in [0.15, 0.2) is 5.13 Å². The summed E-state index contributed by atoms with van der Waals surface area (Å²) in [5.74, 6) is 0.0846. The number of nitrogens with zero attached hydrogens (tertiary/aromatic N) is 4. The Morgan fingerprint density at radius 3 is 2.95 bits per heavy atom. The van der Waals surface area contributed by atoms with Gasteiger partial charge in [0.1, 0.15) is 6.04 Å². The van der Waals surface area contributed by atoms with Gasteiger partial charge < -0.3 is 15.1 Å². The molecule has 0 saturated carbocycles. The Bertz CT molecular complexity index is 561. The quantitative estimate of drug-likeness (QED) is 0.828. The summed E-state index contributed by atoms with van der Waals surface area (Å²) in [6.45, 7) is 2.90. The maximum Gasteiger partial charge on any atom is 0.246 e. The van der Waals surface area contributed by atoms with E-state index in [1.807, 2.05) is 12.4 Å². The smallest absolute Gasteiger partial charge is 0.246 e. The van der Waals surface area contributed by atoms with Gasteiger partial charge in [-0.15, -0.1) is 11.3 Å². The van der Waals surface area contributed by atoms with Crippen molar-refractivity contribution in [2.45, 2.75) is 12.6 Å². The lowest BCUT2D eigenvalue weighted by molar-refractivity contribution is -0.158. The molecule has 2 fully saturated rings. The number of fused-ring (bicyclic) bond motifs is 1. The number of aromatic nitrogens is 1. The van der Waals surface area contributed by atoms with Crippen LogP contribution in [0.1, 0.15) is 5.69 Å². The maximum atomic E-state index is 12.2. The topological polar surface area (TPSA) is 68.8 Å². The van der Waals surface area contributed by atoms with Crippen molar-refractivity contribution in [1.29, 1.82) is 0 Å². The molecular weight excluding hydrogens is 290 g/mol. The van der Waals surface area contributed by atoms with Gasteiger partial charge in [0.05, 0.1) is 12.2 Å². The van der Waals surface area contributed by atoms with E-state index in [1.165, 1.54) is 4.90 Å². The summed E-state index contributed by atoms with van der Waals surface area (Å²) < 4.78 is 0. The number of amides is 2. The third-order valence-corrected chi connectivity index (χ3v) is 4.88. The second kappa shape index (κ2) is 5.61. The number of thiazole rings is 1. The van der Waals surface area contributed by atoms with Crippen LogP contribution in [0.4, 0.5) is 5.13 Å². The van der Waals surface area contributed by atoms with Gasteiger partial charge in [-0.25, -0.2) is 4.98 Å². The Morgan fingerprint density at radius 2 is 2.24 bits per heavy atom. The lowest BCUT2D eigenvalue weighted by Crippen LogP contribution is -2.65. The molecule has 0 bridgehead atoms. The standard InChI is InChI=1S/C13H19N5O2S/c1-14-13-15-9(8-21-13)5-17-3-4-18-10(6-17)12(20)16(2)7-11(18)19/h8,10H,3-7H2,1-2H3,(H,14,15)/t10-/m1/s1. The second-order valence-corrected chi connectivity index (χ2v) is 6.28. The van der Waals surface area contributed by atoms with Gasteiger partial charge in [0.25, 0.3) is 0 Å². The van der Waals surface area contributed by atoms with Crippen molar-refractivity contribution in [2.75, 3.05) is 45.6 Å². The molecule has 0 aromatic carbocycles. The molecule has 0 spiro atoms. The van der Waals surface area contributed by atoms with Crippen molar-refractivity contribution in [3.8, 4) is 0 Å². The van der Waals surface area contributed by atoms with E-state index in [2.05, 4.69) is 15.2 Å². The summed E-state index contributed by atoms with van der Waals surface area (Å²) in [7, 11) is 3.54. The molecular formula is C13H19N5O2S. The van der Waals surface area contributed by atoms with Crippen LogP contribution in [0.5, 0.6) is 0 Å². The van der Waals surface area contributed by atoms with E-state index in [0.717, 1.165) is 17.4 Å². The lowest BCUT2D eigenvalue weighted by atomic mass is 10.1. The van der Waals surface area contributed by atoms with Crippen LogP contribution in [0.3, 0.4) is 0 Å². The molecule has 2 aliphatic rings. The minimum Gasteiger partial charge on any atom is -0.365 e. The number of piperazine rings is 2. The maximum absolute atomic E-state index is 12.2. The first-order valence-corrected chi connectivity index (χ1v) is 7.85. The van der Waals surface area contributed by atoms with E-state index in [-0.39, 0.29) is 24.4 Å². The zero-order chi connectivity index (χ0) is 15.0. The monoisotopic (exact) mass is 309 g/mol. The second-order valence-electron chi connectivity index (χ2n) is 5.43. The van der Waals surface area contributed by atoms with Crippen molar-refractivity contribution >= 4 is 28.3 Å². The predicted octanol–water partition coefficient (Wildman–Crippen LogP) is -0.330. The number of hydrogen-bond acceptors (Lipinski definition) is 6. The fraction of sp³-hybridized carbons (Fsp3) is 0.615. The highest BCUT2D eigenvalue weighted by Gasteiger charge is 2.41. The van der Waals surface area contributed by atoms with E-state index in [1.54, 1.807) is 23.3 Å².